The molecule has 3 aromatic rings. The molecule has 1 aromatic heterocycles. The maximum atomic E-state index is 13.5. The SMILES string of the molecule is COc1ccc([C@@H]2C3=C(C[C@H](c4ccccc4O)CC3=O)Nc3onc(C)c32)cc1OC. The highest BCUT2D eigenvalue weighted by atomic mass is 16.5. The first-order chi connectivity index (χ1) is 15.5. The van der Waals surface area contributed by atoms with Crippen LogP contribution in [0.15, 0.2) is 58.3 Å². The third-order valence-electron chi connectivity index (χ3n) is 6.38. The summed E-state index contributed by atoms with van der Waals surface area (Å²) in [7, 11) is 3.18. The van der Waals surface area contributed by atoms with Crippen molar-refractivity contribution in [1.29, 1.82) is 0 Å². The van der Waals surface area contributed by atoms with Crippen LogP contribution in [0.4, 0.5) is 5.88 Å². The molecule has 7 heteroatoms. The standard InChI is InChI=1S/C25H24N2O5/c1-13-22-23(14-8-9-20(30-2)21(12-14)31-3)24-17(26-25(22)32-27-13)10-15(11-19(24)29)16-6-4-5-7-18(16)28/h4-9,12,15,23,26,28H,10-11H2,1-3H3/t15-,23-/m0/s1. The van der Waals surface area contributed by atoms with Crippen LogP contribution in [0.2, 0.25) is 0 Å². The Morgan fingerprint density at radius 1 is 1.09 bits per heavy atom. The van der Waals surface area contributed by atoms with Gasteiger partial charge in [0.1, 0.15) is 5.75 Å². The summed E-state index contributed by atoms with van der Waals surface area (Å²) in [6.45, 7) is 1.88. The van der Waals surface area contributed by atoms with Crippen LogP contribution in [0.3, 0.4) is 0 Å². The number of phenols is 1. The van der Waals surface area contributed by atoms with Gasteiger partial charge in [0.15, 0.2) is 17.3 Å². The van der Waals surface area contributed by atoms with E-state index in [9.17, 15) is 9.90 Å². The highest BCUT2D eigenvalue weighted by molar-refractivity contribution is 6.01. The number of aromatic nitrogens is 1. The zero-order valence-electron chi connectivity index (χ0n) is 18.1. The summed E-state index contributed by atoms with van der Waals surface area (Å²) in [6, 6.07) is 12.9. The van der Waals surface area contributed by atoms with Crippen LogP contribution >= 0.6 is 0 Å². The second-order valence-electron chi connectivity index (χ2n) is 8.16. The van der Waals surface area contributed by atoms with Gasteiger partial charge in [-0.3, -0.25) is 4.79 Å². The number of phenolic OH excluding ortho intramolecular Hbond substituents is 1. The predicted molar refractivity (Wildman–Crippen MR) is 118 cm³/mol. The summed E-state index contributed by atoms with van der Waals surface area (Å²) in [5, 5.41) is 17.8. The van der Waals surface area contributed by atoms with Gasteiger partial charge in [-0.25, -0.2) is 0 Å². The molecule has 1 aliphatic carbocycles. The van der Waals surface area contributed by atoms with E-state index in [0.717, 1.165) is 28.1 Å². The van der Waals surface area contributed by atoms with E-state index < -0.39 is 0 Å². The lowest BCUT2D eigenvalue weighted by atomic mass is 9.72. The molecule has 7 nitrogen and oxygen atoms in total. The Kier molecular flexibility index (Phi) is 4.89. The lowest BCUT2D eigenvalue weighted by Crippen LogP contribution is -2.29. The van der Waals surface area contributed by atoms with Gasteiger partial charge < -0.3 is 24.4 Å². The van der Waals surface area contributed by atoms with E-state index in [1.807, 2.05) is 37.3 Å². The molecule has 2 heterocycles. The van der Waals surface area contributed by atoms with Crippen molar-refractivity contribution in [2.24, 2.45) is 0 Å². The maximum absolute atomic E-state index is 13.5. The molecule has 2 atom stereocenters. The molecule has 2 aliphatic rings. The number of para-hydroxylation sites is 1. The summed E-state index contributed by atoms with van der Waals surface area (Å²) in [4.78, 5) is 13.5. The number of Topliss-reactive ketones (excluding diaryl/α,β-unsaturated/α-hetero) is 1. The second kappa shape index (κ2) is 7.75. The summed E-state index contributed by atoms with van der Waals surface area (Å²) < 4.78 is 16.5. The fourth-order valence-electron chi connectivity index (χ4n) is 4.89. The highest BCUT2D eigenvalue weighted by Gasteiger charge is 2.41. The van der Waals surface area contributed by atoms with Crippen LogP contribution in [0.5, 0.6) is 17.2 Å². The number of methoxy groups -OCH3 is 2. The number of ketones is 1. The molecule has 0 amide bonds. The summed E-state index contributed by atoms with van der Waals surface area (Å²) >= 11 is 0. The smallest absolute Gasteiger partial charge is 0.233 e. The van der Waals surface area contributed by atoms with Crippen molar-refractivity contribution in [1.82, 2.24) is 5.16 Å². The number of rotatable bonds is 4. The molecular weight excluding hydrogens is 408 g/mol. The minimum Gasteiger partial charge on any atom is -0.508 e. The van der Waals surface area contributed by atoms with E-state index in [1.54, 1.807) is 26.4 Å². The number of allylic oxidation sites excluding steroid dienone is 2. The van der Waals surface area contributed by atoms with Crippen LogP contribution in [-0.2, 0) is 4.79 Å². The van der Waals surface area contributed by atoms with Gasteiger partial charge in [-0.1, -0.05) is 29.4 Å². The third-order valence-corrected chi connectivity index (χ3v) is 6.38. The van der Waals surface area contributed by atoms with Gasteiger partial charge in [-0.15, -0.1) is 0 Å². The summed E-state index contributed by atoms with van der Waals surface area (Å²) in [5.74, 6) is 1.56. The Balaban J connectivity index is 1.64. The van der Waals surface area contributed by atoms with Crippen LogP contribution in [0.25, 0.3) is 0 Å². The van der Waals surface area contributed by atoms with Crippen molar-refractivity contribution in [3.05, 3.63) is 76.1 Å². The fraction of sp³-hybridized carbons (Fsp3) is 0.280. The van der Waals surface area contributed by atoms with Crippen molar-refractivity contribution in [2.75, 3.05) is 19.5 Å². The zero-order chi connectivity index (χ0) is 22.4. The molecule has 0 fully saturated rings. The number of nitrogens with one attached hydrogen (secondary N) is 1. The van der Waals surface area contributed by atoms with E-state index >= 15 is 0 Å². The summed E-state index contributed by atoms with van der Waals surface area (Å²) in [6.07, 6.45) is 0.906. The van der Waals surface area contributed by atoms with Gasteiger partial charge in [0.05, 0.1) is 25.5 Å². The Bertz CT molecular complexity index is 1240. The molecule has 1 aliphatic heterocycles. The molecule has 0 saturated heterocycles. The van der Waals surface area contributed by atoms with Crippen molar-refractivity contribution < 1.29 is 23.9 Å². The third kappa shape index (κ3) is 3.12. The van der Waals surface area contributed by atoms with Gasteiger partial charge in [0.2, 0.25) is 5.88 Å². The Labute approximate surface area is 185 Å². The average Bonchev–Trinajstić information content (AvgIpc) is 3.17. The molecule has 0 saturated carbocycles. The van der Waals surface area contributed by atoms with Crippen molar-refractivity contribution in [3.63, 3.8) is 0 Å². The molecular formula is C25H24N2O5. The van der Waals surface area contributed by atoms with E-state index in [-0.39, 0.29) is 23.4 Å². The average molecular weight is 432 g/mol. The molecule has 0 unspecified atom stereocenters. The highest BCUT2D eigenvalue weighted by Crippen LogP contribution is 2.50. The number of aromatic hydroxyl groups is 1. The number of nitrogens with zero attached hydrogens (tertiary/aromatic N) is 1. The first-order valence-corrected chi connectivity index (χ1v) is 10.5. The Morgan fingerprint density at radius 2 is 1.88 bits per heavy atom. The second-order valence-corrected chi connectivity index (χ2v) is 8.16. The van der Waals surface area contributed by atoms with E-state index in [1.165, 1.54) is 0 Å². The molecule has 2 aromatic carbocycles. The van der Waals surface area contributed by atoms with E-state index in [4.69, 9.17) is 14.0 Å². The normalized spacial score (nSPS) is 19.8. The first-order valence-electron chi connectivity index (χ1n) is 10.5. The largest absolute Gasteiger partial charge is 0.508 e. The molecule has 2 N–H and O–H groups in total. The van der Waals surface area contributed by atoms with Gasteiger partial charge in [-0.2, -0.15) is 0 Å². The number of fused-ring (bicyclic) bond motifs is 1. The van der Waals surface area contributed by atoms with Gasteiger partial charge in [0, 0.05) is 29.5 Å². The Hall–Kier alpha value is -3.74. The first kappa shape index (κ1) is 20.2. The van der Waals surface area contributed by atoms with Crippen LogP contribution in [0.1, 0.15) is 47.1 Å². The molecule has 0 radical (unpaired) electrons. The number of ether oxygens (including phenoxy) is 2. The van der Waals surface area contributed by atoms with Gasteiger partial charge in [0.25, 0.3) is 0 Å². The molecule has 32 heavy (non-hydrogen) atoms. The fourth-order valence-corrected chi connectivity index (χ4v) is 4.89. The van der Waals surface area contributed by atoms with Crippen LogP contribution < -0.4 is 14.8 Å². The monoisotopic (exact) mass is 432 g/mol. The lowest BCUT2D eigenvalue weighted by molar-refractivity contribution is -0.116. The number of benzene rings is 2. The molecule has 164 valence electrons. The molecule has 5 rings (SSSR count). The number of aryl methyl sites for hydroxylation is 1. The minimum absolute atomic E-state index is 0.0398. The predicted octanol–water partition coefficient (Wildman–Crippen LogP) is 4.66. The summed E-state index contributed by atoms with van der Waals surface area (Å²) in [5.41, 5.74) is 4.77. The number of hydrogen-bond acceptors (Lipinski definition) is 7. The molecule has 0 bridgehead atoms. The van der Waals surface area contributed by atoms with Gasteiger partial charge in [-0.05, 0) is 42.7 Å². The van der Waals surface area contributed by atoms with Crippen LogP contribution in [-0.4, -0.2) is 30.3 Å². The van der Waals surface area contributed by atoms with Crippen LogP contribution in [0, 0.1) is 6.92 Å². The zero-order valence-corrected chi connectivity index (χ0v) is 18.1. The topological polar surface area (TPSA) is 93.8 Å². The van der Waals surface area contributed by atoms with Crippen molar-refractivity contribution in [2.45, 2.75) is 31.6 Å². The number of carbonyl (C=O) groups excluding carboxylic acids is 1. The van der Waals surface area contributed by atoms with Crippen molar-refractivity contribution >= 4 is 11.7 Å². The number of hydrogen-bond donors (Lipinski definition) is 2. The van der Waals surface area contributed by atoms with Gasteiger partial charge >= 0.3 is 0 Å². The number of anilines is 1. The quantitative estimate of drug-likeness (QED) is 0.619. The number of carbonyl (C=O) groups is 1. The lowest BCUT2D eigenvalue weighted by Gasteiger charge is -2.34. The van der Waals surface area contributed by atoms with E-state index in [2.05, 4.69) is 10.5 Å². The van der Waals surface area contributed by atoms with Crippen molar-refractivity contribution in [3.8, 4) is 17.2 Å². The molecule has 0 spiro atoms. The van der Waals surface area contributed by atoms with E-state index in [0.29, 0.717) is 35.8 Å². The Morgan fingerprint density at radius 3 is 2.62 bits per heavy atom. The maximum Gasteiger partial charge on any atom is 0.233 e. The minimum atomic E-state index is -0.329.